The molecule has 7 heteroatoms. The molecule has 1 aliphatic rings. The van der Waals surface area contributed by atoms with Crippen LogP contribution < -0.4 is 15.4 Å². The molecule has 2 aromatic rings. The molecule has 146 valence electrons. The van der Waals surface area contributed by atoms with Crippen molar-refractivity contribution in [2.75, 3.05) is 7.11 Å². The van der Waals surface area contributed by atoms with Crippen molar-refractivity contribution in [1.82, 2.24) is 10.6 Å². The van der Waals surface area contributed by atoms with Gasteiger partial charge in [-0.25, -0.2) is 9.59 Å². The number of para-hydroxylation sites is 1. The van der Waals surface area contributed by atoms with Crippen LogP contribution in [-0.2, 0) is 9.53 Å². The number of ether oxygens (including phenoxy) is 2. The van der Waals surface area contributed by atoms with Crippen LogP contribution in [0, 0.1) is 0 Å². The molecule has 0 aromatic heterocycles. The molecule has 0 spiro atoms. The molecular formula is C21H22N2O5. The van der Waals surface area contributed by atoms with Crippen LogP contribution in [0.15, 0.2) is 54.1 Å². The number of urea groups is 1. The Balaban J connectivity index is 2.18. The minimum Gasteiger partial charge on any atom is -0.508 e. The minimum atomic E-state index is -0.863. The predicted molar refractivity (Wildman–Crippen MR) is 104 cm³/mol. The SMILES string of the molecule is COc1ccc(C2=C(C(=O)OC(C)C)C(c3ccccc3O)NC(=O)N2)cc1. The largest absolute Gasteiger partial charge is 0.508 e. The summed E-state index contributed by atoms with van der Waals surface area (Å²) in [5.41, 5.74) is 1.55. The minimum absolute atomic E-state index is 0.0290. The summed E-state index contributed by atoms with van der Waals surface area (Å²) in [6, 6.07) is 12.1. The second-order valence-electron chi connectivity index (χ2n) is 6.56. The van der Waals surface area contributed by atoms with Crippen LogP contribution in [0.2, 0.25) is 0 Å². The Labute approximate surface area is 163 Å². The van der Waals surface area contributed by atoms with Gasteiger partial charge < -0.3 is 25.2 Å². The highest BCUT2D eigenvalue weighted by Crippen LogP contribution is 2.36. The lowest BCUT2D eigenvalue weighted by Crippen LogP contribution is -2.45. The molecule has 2 aromatic carbocycles. The van der Waals surface area contributed by atoms with E-state index in [1.165, 1.54) is 6.07 Å². The molecule has 28 heavy (non-hydrogen) atoms. The van der Waals surface area contributed by atoms with E-state index in [0.29, 0.717) is 22.6 Å². The average Bonchev–Trinajstić information content (AvgIpc) is 2.67. The van der Waals surface area contributed by atoms with Crippen molar-refractivity contribution in [3.8, 4) is 11.5 Å². The van der Waals surface area contributed by atoms with Gasteiger partial charge in [0, 0.05) is 5.56 Å². The van der Waals surface area contributed by atoms with Crippen molar-refractivity contribution in [2.24, 2.45) is 0 Å². The maximum atomic E-state index is 12.9. The van der Waals surface area contributed by atoms with Crippen molar-refractivity contribution in [2.45, 2.75) is 26.0 Å². The van der Waals surface area contributed by atoms with Crippen LogP contribution in [0.1, 0.15) is 31.0 Å². The number of nitrogens with one attached hydrogen (secondary N) is 2. The fraction of sp³-hybridized carbons (Fsp3) is 0.238. The monoisotopic (exact) mass is 382 g/mol. The van der Waals surface area contributed by atoms with Crippen molar-refractivity contribution < 1.29 is 24.2 Å². The summed E-state index contributed by atoms with van der Waals surface area (Å²) in [6.07, 6.45) is -0.347. The van der Waals surface area contributed by atoms with E-state index >= 15 is 0 Å². The summed E-state index contributed by atoms with van der Waals surface area (Å²) in [5.74, 6) is 0.0355. The number of aromatic hydroxyl groups is 1. The number of rotatable bonds is 5. The number of carbonyl (C=O) groups is 2. The highest BCUT2D eigenvalue weighted by Gasteiger charge is 2.35. The summed E-state index contributed by atoms with van der Waals surface area (Å²) in [6.45, 7) is 3.49. The smallest absolute Gasteiger partial charge is 0.338 e. The Bertz CT molecular complexity index is 919. The molecule has 1 unspecified atom stereocenters. The van der Waals surface area contributed by atoms with Gasteiger partial charge in [0.25, 0.3) is 0 Å². The lowest BCUT2D eigenvalue weighted by atomic mass is 9.92. The number of methoxy groups -OCH3 is 1. The molecule has 1 atom stereocenters. The van der Waals surface area contributed by atoms with Crippen molar-refractivity contribution in [3.63, 3.8) is 0 Å². The Morgan fingerprint density at radius 3 is 2.39 bits per heavy atom. The molecule has 3 rings (SSSR count). The van der Waals surface area contributed by atoms with E-state index in [4.69, 9.17) is 9.47 Å². The molecule has 0 fully saturated rings. The summed E-state index contributed by atoms with van der Waals surface area (Å²) in [5, 5.41) is 15.7. The zero-order valence-electron chi connectivity index (χ0n) is 15.9. The summed E-state index contributed by atoms with van der Waals surface area (Å²) in [4.78, 5) is 25.3. The van der Waals surface area contributed by atoms with E-state index in [0.717, 1.165) is 0 Å². The number of hydrogen-bond acceptors (Lipinski definition) is 5. The van der Waals surface area contributed by atoms with Crippen molar-refractivity contribution in [3.05, 3.63) is 65.2 Å². The third-order valence-electron chi connectivity index (χ3n) is 4.26. The molecule has 1 aliphatic heterocycles. The molecule has 0 saturated carbocycles. The van der Waals surface area contributed by atoms with Gasteiger partial charge in [-0.05, 0) is 49.7 Å². The number of phenolic OH excluding ortho intramolecular Hbond substituents is 1. The van der Waals surface area contributed by atoms with Crippen LogP contribution in [0.4, 0.5) is 4.79 Å². The number of carbonyl (C=O) groups excluding carboxylic acids is 2. The molecule has 0 bridgehead atoms. The molecule has 3 N–H and O–H groups in total. The number of esters is 1. The summed E-state index contributed by atoms with van der Waals surface area (Å²) in [7, 11) is 1.56. The van der Waals surface area contributed by atoms with Gasteiger partial charge in [-0.15, -0.1) is 0 Å². The normalized spacial score (nSPS) is 16.4. The number of hydrogen-bond donors (Lipinski definition) is 3. The Hall–Kier alpha value is -3.48. The molecule has 0 radical (unpaired) electrons. The van der Waals surface area contributed by atoms with Gasteiger partial charge in [0.1, 0.15) is 11.5 Å². The Kier molecular flexibility index (Phi) is 5.54. The van der Waals surface area contributed by atoms with E-state index in [-0.39, 0.29) is 17.4 Å². The first-order valence-corrected chi connectivity index (χ1v) is 8.85. The lowest BCUT2D eigenvalue weighted by molar-refractivity contribution is -0.143. The fourth-order valence-electron chi connectivity index (χ4n) is 3.01. The molecule has 7 nitrogen and oxygen atoms in total. The zero-order valence-corrected chi connectivity index (χ0v) is 15.9. The van der Waals surface area contributed by atoms with Gasteiger partial charge in [0.2, 0.25) is 0 Å². The highest BCUT2D eigenvalue weighted by molar-refractivity contribution is 6.04. The predicted octanol–water partition coefficient (Wildman–Crippen LogP) is 3.12. The second-order valence-corrected chi connectivity index (χ2v) is 6.56. The Morgan fingerprint density at radius 2 is 1.79 bits per heavy atom. The number of benzene rings is 2. The number of phenols is 1. The van der Waals surface area contributed by atoms with Crippen LogP contribution >= 0.6 is 0 Å². The highest BCUT2D eigenvalue weighted by atomic mass is 16.5. The van der Waals surface area contributed by atoms with Gasteiger partial charge in [0.05, 0.1) is 30.5 Å². The van der Waals surface area contributed by atoms with Crippen molar-refractivity contribution >= 4 is 17.7 Å². The molecule has 1 heterocycles. The zero-order chi connectivity index (χ0) is 20.3. The number of amides is 2. The van der Waals surface area contributed by atoms with E-state index in [1.54, 1.807) is 63.4 Å². The molecule has 2 amide bonds. The van der Waals surface area contributed by atoms with Gasteiger partial charge in [-0.2, -0.15) is 0 Å². The first-order valence-electron chi connectivity index (χ1n) is 8.85. The first kappa shape index (κ1) is 19.3. The lowest BCUT2D eigenvalue weighted by Gasteiger charge is -2.30. The van der Waals surface area contributed by atoms with E-state index in [9.17, 15) is 14.7 Å². The van der Waals surface area contributed by atoms with Crippen LogP contribution in [0.25, 0.3) is 5.70 Å². The fourth-order valence-corrected chi connectivity index (χ4v) is 3.01. The third-order valence-corrected chi connectivity index (χ3v) is 4.26. The topological polar surface area (TPSA) is 96.9 Å². The average molecular weight is 382 g/mol. The first-order chi connectivity index (χ1) is 13.4. The summed E-state index contributed by atoms with van der Waals surface area (Å²) >= 11 is 0. The Morgan fingerprint density at radius 1 is 1.11 bits per heavy atom. The van der Waals surface area contributed by atoms with Gasteiger partial charge in [-0.1, -0.05) is 18.2 Å². The van der Waals surface area contributed by atoms with Crippen molar-refractivity contribution in [1.29, 1.82) is 0 Å². The molecular weight excluding hydrogens is 360 g/mol. The maximum Gasteiger partial charge on any atom is 0.338 e. The molecule has 0 aliphatic carbocycles. The van der Waals surface area contributed by atoms with Crippen LogP contribution in [0.3, 0.4) is 0 Å². The van der Waals surface area contributed by atoms with Crippen LogP contribution in [-0.4, -0.2) is 30.3 Å². The van der Waals surface area contributed by atoms with E-state index in [1.807, 2.05) is 0 Å². The van der Waals surface area contributed by atoms with E-state index in [2.05, 4.69) is 10.6 Å². The standard InChI is InChI=1S/C21H22N2O5/c1-12(2)28-20(25)17-18(13-8-10-14(27-3)11-9-13)22-21(26)23-19(17)15-6-4-5-7-16(15)24/h4-12,19,24H,1-3H3,(H2,22,23,26). The second kappa shape index (κ2) is 8.04. The van der Waals surface area contributed by atoms with Gasteiger partial charge in [-0.3, -0.25) is 0 Å². The molecule has 0 saturated heterocycles. The van der Waals surface area contributed by atoms with E-state index < -0.39 is 18.0 Å². The quantitative estimate of drug-likeness (QED) is 0.691. The maximum absolute atomic E-state index is 12.9. The van der Waals surface area contributed by atoms with Gasteiger partial charge in [0.15, 0.2) is 0 Å². The summed E-state index contributed by atoms with van der Waals surface area (Å²) < 4.78 is 10.6. The third kappa shape index (κ3) is 3.93. The van der Waals surface area contributed by atoms with Crippen LogP contribution in [0.5, 0.6) is 11.5 Å². The van der Waals surface area contributed by atoms with Gasteiger partial charge >= 0.3 is 12.0 Å².